The summed E-state index contributed by atoms with van der Waals surface area (Å²) in [6, 6.07) is 11.2. The number of hydrogen-bond acceptors (Lipinski definition) is 6. The fourth-order valence-corrected chi connectivity index (χ4v) is 2.85. The molecule has 0 aliphatic heterocycles. The second-order valence-corrected chi connectivity index (χ2v) is 6.93. The van der Waals surface area contributed by atoms with E-state index in [-0.39, 0.29) is 16.3 Å². The maximum absolute atomic E-state index is 11.7. The summed E-state index contributed by atoms with van der Waals surface area (Å²) in [5.74, 6) is 0. The molecule has 0 saturated heterocycles. The Morgan fingerprint density at radius 3 is 2.29 bits per heavy atom. The van der Waals surface area contributed by atoms with Crippen LogP contribution >= 0.6 is 0 Å². The van der Waals surface area contributed by atoms with E-state index in [1.165, 1.54) is 12.1 Å². The molecule has 3 N–H and O–H groups in total. The molecule has 0 aliphatic rings. The van der Waals surface area contributed by atoms with Crippen LogP contribution in [-0.2, 0) is 16.6 Å². The number of non-ortho nitro benzene ring substituents is 1. The number of sulfonamides is 1. The highest BCUT2D eigenvalue weighted by Gasteiger charge is 2.18. The molecule has 2 aromatic carbocycles. The molecule has 0 fully saturated rings. The number of benzene rings is 2. The normalized spacial score (nSPS) is 11.1. The summed E-state index contributed by atoms with van der Waals surface area (Å²) in [5.41, 5.74) is 1.86. The Bertz CT molecular complexity index is 848. The summed E-state index contributed by atoms with van der Waals surface area (Å²) in [6.07, 6.45) is 0. The van der Waals surface area contributed by atoms with Gasteiger partial charge in [0.25, 0.3) is 5.69 Å². The van der Waals surface area contributed by atoms with Gasteiger partial charge in [0.1, 0.15) is 4.90 Å². The third-order valence-corrected chi connectivity index (χ3v) is 4.37. The lowest BCUT2D eigenvalue weighted by Crippen LogP contribution is -2.15. The average molecular weight is 350 g/mol. The van der Waals surface area contributed by atoms with Crippen LogP contribution in [0.4, 0.5) is 17.1 Å². The van der Waals surface area contributed by atoms with Gasteiger partial charge in [-0.25, -0.2) is 13.6 Å². The molecular formula is C15H18N4O4S. The van der Waals surface area contributed by atoms with Crippen LogP contribution in [0.1, 0.15) is 5.56 Å². The summed E-state index contributed by atoms with van der Waals surface area (Å²) < 4.78 is 23.3. The minimum absolute atomic E-state index is 0.222. The molecule has 128 valence electrons. The number of nitrogens with one attached hydrogen (secondary N) is 1. The Balaban J connectivity index is 2.24. The van der Waals surface area contributed by atoms with Gasteiger partial charge in [-0.2, -0.15) is 0 Å². The fraction of sp³-hybridized carbons (Fsp3) is 0.200. The summed E-state index contributed by atoms with van der Waals surface area (Å²) in [4.78, 5) is 11.8. The standard InChI is InChI=1S/C15H18N4O4S/c1-18(2)12-5-3-11(4-6-12)10-17-14-8-7-13(19(20)21)9-15(14)24(16,22)23/h3-9,17H,10H2,1-2H3,(H2,16,22,23). The van der Waals surface area contributed by atoms with Gasteiger partial charge < -0.3 is 10.2 Å². The van der Waals surface area contributed by atoms with E-state index < -0.39 is 14.9 Å². The van der Waals surface area contributed by atoms with Crippen LogP contribution in [0.5, 0.6) is 0 Å². The maximum atomic E-state index is 11.7. The first kappa shape index (κ1) is 17.7. The quantitative estimate of drug-likeness (QED) is 0.607. The van der Waals surface area contributed by atoms with E-state index in [0.29, 0.717) is 6.54 Å². The van der Waals surface area contributed by atoms with Gasteiger partial charge in [-0.15, -0.1) is 0 Å². The van der Waals surface area contributed by atoms with Crippen LogP contribution in [0.2, 0.25) is 0 Å². The highest BCUT2D eigenvalue weighted by molar-refractivity contribution is 7.89. The molecule has 0 heterocycles. The lowest BCUT2D eigenvalue weighted by molar-refractivity contribution is -0.385. The van der Waals surface area contributed by atoms with E-state index in [0.717, 1.165) is 17.3 Å². The zero-order valence-electron chi connectivity index (χ0n) is 13.3. The molecule has 2 aromatic rings. The van der Waals surface area contributed by atoms with E-state index in [4.69, 9.17) is 5.14 Å². The molecule has 0 bridgehead atoms. The highest BCUT2D eigenvalue weighted by atomic mass is 32.2. The van der Waals surface area contributed by atoms with Gasteiger partial charge in [-0.3, -0.25) is 10.1 Å². The SMILES string of the molecule is CN(C)c1ccc(CNc2ccc([N+](=O)[O-])cc2S(N)(=O)=O)cc1. The monoisotopic (exact) mass is 350 g/mol. The summed E-state index contributed by atoms with van der Waals surface area (Å²) in [7, 11) is -0.219. The van der Waals surface area contributed by atoms with E-state index in [9.17, 15) is 18.5 Å². The van der Waals surface area contributed by atoms with Gasteiger partial charge in [0, 0.05) is 38.5 Å². The molecule has 0 unspecified atom stereocenters. The molecule has 0 aliphatic carbocycles. The lowest BCUT2D eigenvalue weighted by atomic mass is 10.2. The van der Waals surface area contributed by atoms with Gasteiger partial charge in [0.05, 0.1) is 10.6 Å². The zero-order chi connectivity index (χ0) is 17.9. The number of rotatable bonds is 6. The molecule has 0 radical (unpaired) electrons. The Morgan fingerprint density at radius 1 is 1.17 bits per heavy atom. The van der Waals surface area contributed by atoms with E-state index in [1.807, 2.05) is 43.3 Å². The molecule has 0 spiro atoms. The second-order valence-electron chi connectivity index (χ2n) is 5.40. The first-order valence-corrected chi connectivity index (χ1v) is 8.54. The van der Waals surface area contributed by atoms with Crippen molar-refractivity contribution in [2.24, 2.45) is 5.14 Å². The topological polar surface area (TPSA) is 119 Å². The first-order valence-electron chi connectivity index (χ1n) is 7.00. The molecule has 8 nitrogen and oxygen atoms in total. The number of hydrogen-bond donors (Lipinski definition) is 2. The van der Waals surface area contributed by atoms with Crippen molar-refractivity contribution in [3.05, 3.63) is 58.1 Å². The van der Waals surface area contributed by atoms with Crippen LogP contribution in [0.25, 0.3) is 0 Å². The fourth-order valence-electron chi connectivity index (χ4n) is 2.12. The van der Waals surface area contributed by atoms with Crippen molar-refractivity contribution in [3.63, 3.8) is 0 Å². The third-order valence-electron chi connectivity index (χ3n) is 3.42. The summed E-state index contributed by atoms with van der Waals surface area (Å²) in [5, 5.41) is 18.9. The van der Waals surface area contributed by atoms with Gasteiger partial charge in [-0.05, 0) is 23.8 Å². The number of nitrogens with two attached hydrogens (primary N) is 1. The highest BCUT2D eigenvalue weighted by Crippen LogP contribution is 2.26. The smallest absolute Gasteiger partial charge is 0.270 e. The zero-order valence-corrected chi connectivity index (χ0v) is 14.1. The van der Waals surface area contributed by atoms with Crippen molar-refractivity contribution in [2.75, 3.05) is 24.3 Å². The van der Waals surface area contributed by atoms with Gasteiger partial charge in [0.2, 0.25) is 10.0 Å². The molecule has 24 heavy (non-hydrogen) atoms. The summed E-state index contributed by atoms with van der Waals surface area (Å²) in [6.45, 7) is 0.355. The minimum atomic E-state index is -4.09. The van der Waals surface area contributed by atoms with Crippen molar-refractivity contribution in [2.45, 2.75) is 11.4 Å². The Labute approximate surface area is 140 Å². The van der Waals surface area contributed by atoms with Gasteiger partial charge in [0.15, 0.2) is 0 Å². The van der Waals surface area contributed by atoms with Crippen molar-refractivity contribution in [1.82, 2.24) is 0 Å². The second kappa shape index (κ2) is 6.85. The predicted octanol–water partition coefficient (Wildman–Crippen LogP) is 1.92. The van der Waals surface area contributed by atoms with Crippen molar-refractivity contribution in [1.29, 1.82) is 0 Å². The van der Waals surface area contributed by atoms with E-state index in [2.05, 4.69) is 5.32 Å². The van der Waals surface area contributed by atoms with Gasteiger partial charge in [-0.1, -0.05) is 12.1 Å². The van der Waals surface area contributed by atoms with Crippen molar-refractivity contribution < 1.29 is 13.3 Å². The van der Waals surface area contributed by atoms with Crippen LogP contribution in [0.3, 0.4) is 0 Å². The van der Waals surface area contributed by atoms with Crippen molar-refractivity contribution in [3.8, 4) is 0 Å². The Morgan fingerprint density at radius 2 is 1.79 bits per heavy atom. The van der Waals surface area contributed by atoms with Crippen LogP contribution < -0.4 is 15.4 Å². The number of nitro benzene ring substituents is 1. The molecule has 9 heteroatoms. The largest absolute Gasteiger partial charge is 0.380 e. The first-order chi connectivity index (χ1) is 11.2. The maximum Gasteiger partial charge on any atom is 0.270 e. The Hall–Kier alpha value is -2.65. The van der Waals surface area contributed by atoms with E-state index in [1.54, 1.807) is 0 Å². The van der Waals surface area contributed by atoms with Crippen LogP contribution in [-0.4, -0.2) is 27.4 Å². The summed E-state index contributed by atoms with van der Waals surface area (Å²) >= 11 is 0. The van der Waals surface area contributed by atoms with Crippen molar-refractivity contribution >= 4 is 27.1 Å². The molecular weight excluding hydrogens is 332 g/mol. The number of nitrogens with zero attached hydrogens (tertiary/aromatic N) is 2. The lowest BCUT2D eigenvalue weighted by Gasteiger charge is -2.14. The predicted molar refractivity (Wildman–Crippen MR) is 92.6 cm³/mol. The molecule has 0 amide bonds. The molecule has 2 rings (SSSR count). The van der Waals surface area contributed by atoms with Gasteiger partial charge >= 0.3 is 0 Å². The molecule has 0 atom stereocenters. The number of nitro groups is 1. The van der Waals surface area contributed by atoms with Crippen LogP contribution in [0.15, 0.2) is 47.4 Å². The average Bonchev–Trinajstić information content (AvgIpc) is 2.52. The van der Waals surface area contributed by atoms with E-state index >= 15 is 0 Å². The minimum Gasteiger partial charge on any atom is -0.380 e. The third kappa shape index (κ3) is 4.21. The van der Waals surface area contributed by atoms with Crippen LogP contribution in [0, 0.1) is 10.1 Å². The number of anilines is 2. The number of primary sulfonamides is 1. The Kier molecular flexibility index (Phi) is 5.05. The molecule has 0 aromatic heterocycles. The molecule has 0 saturated carbocycles.